The van der Waals surface area contributed by atoms with Gasteiger partial charge in [0.05, 0.1) is 17.7 Å². The molecular weight excluding hydrogens is 354 g/mol. The highest BCUT2D eigenvalue weighted by atomic mass is 32.2. The number of anilines is 2. The monoisotopic (exact) mass is 377 g/mol. The first-order chi connectivity index (χ1) is 12.3. The lowest BCUT2D eigenvalue weighted by molar-refractivity contribution is 0.102. The number of carbonyl (C=O) groups is 1. The number of benzene rings is 2. The van der Waals surface area contributed by atoms with E-state index in [4.69, 9.17) is 10.5 Å². The highest BCUT2D eigenvalue weighted by Gasteiger charge is 2.22. The number of nitrogens with zero attached hydrogens (tertiary/aromatic N) is 1. The lowest BCUT2D eigenvalue weighted by Gasteiger charge is -2.18. The van der Waals surface area contributed by atoms with Gasteiger partial charge < -0.3 is 15.8 Å². The maximum atomic E-state index is 12.6. The Bertz CT molecular complexity index is 893. The number of nitrogens with two attached hydrogens (primary N) is 1. The Labute approximate surface area is 153 Å². The zero-order valence-corrected chi connectivity index (χ0v) is 15.8. The van der Waals surface area contributed by atoms with E-state index in [1.165, 1.54) is 23.5 Å². The second-order valence-corrected chi connectivity index (χ2v) is 7.47. The smallest absolute Gasteiger partial charge is 0.255 e. The predicted molar refractivity (Wildman–Crippen MR) is 102 cm³/mol. The minimum atomic E-state index is -3.63. The minimum absolute atomic E-state index is 0.0862. The van der Waals surface area contributed by atoms with Gasteiger partial charge in [0.1, 0.15) is 5.75 Å². The van der Waals surface area contributed by atoms with Gasteiger partial charge in [0.2, 0.25) is 10.0 Å². The van der Waals surface area contributed by atoms with Crippen LogP contribution in [0.2, 0.25) is 0 Å². The van der Waals surface area contributed by atoms with Crippen LogP contribution in [-0.2, 0) is 10.0 Å². The summed E-state index contributed by atoms with van der Waals surface area (Å²) >= 11 is 0. The average Bonchev–Trinajstić information content (AvgIpc) is 2.63. The van der Waals surface area contributed by atoms with Gasteiger partial charge in [0, 0.05) is 24.3 Å². The van der Waals surface area contributed by atoms with Crippen LogP contribution < -0.4 is 15.8 Å². The summed E-state index contributed by atoms with van der Waals surface area (Å²) in [5.74, 6) is 0.0847. The number of amides is 1. The summed E-state index contributed by atoms with van der Waals surface area (Å²) in [4.78, 5) is 12.6. The van der Waals surface area contributed by atoms with E-state index in [2.05, 4.69) is 5.32 Å². The van der Waals surface area contributed by atoms with Crippen LogP contribution >= 0.6 is 0 Å². The highest BCUT2D eigenvalue weighted by molar-refractivity contribution is 7.89. The number of hydrogen-bond acceptors (Lipinski definition) is 5. The average molecular weight is 377 g/mol. The van der Waals surface area contributed by atoms with Gasteiger partial charge in [-0.15, -0.1) is 0 Å². The maximum absolute atomic E-state index is 12.6. The number of ether oxygens (including phenoxy) is 1. The second-order valence-electron chi connectivity index (χ2n) is 5.53. The van der Waals surface area contributed by atoms with E-state index in [0.29, 0.717) is 30.2 Å². The number of hydrogen-bond donors (Lipinski definition) is 2. The van der Waals surface area contributed by atoms with Crippen LogP contribution in [0.3, 0.4) is 0 Å². The molecule has 0 heterocycles. The standard InChI is InChI=1S/C18H23N3O4S/c1-4-21(5-2)26(23,24)15-8-6-7-13(11-15)18(22)20-14-9-10-17(25-3)16(19)12-14/h6-12H,4-5,19H2,1-3H3,(H,20,22). The van der Waals surface area contributed by atoms with Crippen molar-refractivity contribution in [1.29, 1.82) is 0 Å². The van der Waals surface area contributed by atoms with E-state index in [0.717, 1.165) is 0 Å². The van der Waals surface area contributed by atoms with Crippen molar-refractivity contribution in [2.24, 2.45) is 0 Å². The molecule has 0 aliphatic carbocycles. The molecule has 0 aromatic heterocycles. The molecule has 3 N–H and O–H groups in total. The van der Waals surface area contributed by atoms with E-state index in [1.807, 2.05) is 0 Å². The molecule has 0 unspecified atom stereocenters. The zero-order valence-electron chi connectivity index (χ0n) is 15.0. The van der Waals surface area contributed by atoms with Crippen molar-refractivity contribution in [2.45, 2.75) is 18.7 Å². The van der Waals surface area contributed by atoms with E-state index >= 15 is 0 Å². The van der Waals surface area contributed by atoms with Gasteiger partial charge >= 0.3 is 0 Å². The van der Waals surface area contributed by atoms with Gasteiger partial charge in [-0.2, -0.15) is 4.31 Å². The summed E-state index contributed by atoms with van der Waals surface area (Å²) in [6.45, 7) is 4.26. The Hall–Kier alpha value is -2.58. The molecule has 140 valence electrons. The van der Waals surface area contributed by atoms with Crippen LogP contribution in [0.4, 0.5) is 11.4 Å². The summed E-state index contributed by atoms with van der Waals surface area (Å²) in [6, 6.07) is 10.8. The van der Waals surface area contributed by atoms with Crippen molar-refractivity contribution in [3.63, 3.8) is 0 Å². The van der Waals surface area contributed by atoms with Crippen molar-refractivity contribution in [1.82, 2.24) is 4.31 Å². The first kappa shape index (κ1) is 19.7. The number of carbonyl (C=O) groups excluding carboxylic acids is 1. The Morgan fingerprint density at radius 1 is 1.15 bits per heavy atom. The van der Waals surface area contributed by atoms with Crippen LogP contribution in [0.15, 0.2) is 47.4 Å². The van der Waals surface area contributed by atoms with E-state index < -0.39 is 15.9 Å². The number of nitrogen functional groups attached to an aromatic ring is 1. The Balaban J connectivity index is 2.27. The van der Waals surface area contributed by atoms with Gasteiger partial charge in [-0.1, -0.05) is 19.9 Å². The Kier molecular flexibility index (Phi) is 6.23. The Morgan fingerprint density at radius 2 is 1.85 bits per heavy atom. The molecule has 2 aromatic carbocycles. The molecule has 0 saturated heterocycles. The maximum Gasteiger partial charge on any atom is 0.255 e. The van der Waals surface area contributed by atoms with Crippen molar-refractivity contribution in [3.05, 3.63) is 48.0 Å². The predicted octanol–water partition coefficient (Wildman–Crippen LogP) is 2.56. The molecule has 0 spiro atoms. The largest absolute Gasteiger partial charge is 0.495 e. The van der Waals surface area contributed by atoms with Crippen LogP contribution in [0.25, 0.3) is 0 Å². The van der Waals surface area contributed by atoms with Crippen LogP contribution in [-0.4, -0.2) is 38.8 Å². The minimum Gasteiger partial charge on any atom is -0.495 e. The molecule has 0 aliphatic rings. The topological polar surface area (TPSA) is 102 Å². The first-order valence-corrected chi connectivity index (χ1v) is 9.62. The fourth-order valence-electron chi connectivity index (χ4n) is 2.53. The number of nitrogens with one attached hydrogen (secondary N) is 1. The summed E-state index contributed by atoms with van der Waals surface area (Å²) in [6.07, 6.45) is 0. The van der Waals surface area contributed by atoms with Gasteiger partial charge in [0.25, 0.3) is 5.91 Å². The van der Waals surface area contributed by atoms with Crippen LogP contribution in [0.1, 0.15) is 24.2 Å². The molecule has 2 aromatic rings. The van der Waals surface area contributed by atoms with Crippen molar-refractivity contribution in [3.8, 4) is 5.75 Å². The summed E-state index contributed by atoms with van der Waals surface area (Å²) in [7, 11) is -2.12. The number of methoxy groups -OCH3 is 1. The lowest BCUT2D eigenvalue weighted by atomic mass is 10.2. The lowest BCUT2D eigenvalue weighted by Crippen LogP contribution is -2.30. The van der Waals surface area contributed by atoms with Crippen LogP contribution in [0, 0.1) is 0 Å². The molecule has 0 saturated carbocycles. The third-order valence-electron chi connectivity index (χ3n) is 3.93. The quantitative estimate of drug-likeness (QED) is 0.722. The molecule has 0 fully saturated rings. The van der Waals surface area contributed by atoms with Gasteiger partial charge in [-0.05, 0) is 36.4 Å². The fraction of sp³-hybridized carbons (Fsp3) is 0.278. The van der Waals surface area contributed by atoms with Crippen molar-refractivity contribution >= 4 is 27.3 Å². The summed E-state index contributed by atoms with van der Waals surface area (Å²) < 4.78 is 31.6. The molecule has 2 rings (SSSR count). The van der Waals surface area contributed by atoms with E-state index in [-0.39, 0.29) is 10.5 Å². The SMILES string of the molecule is CCN(CC)S(=O)(=O)c1cccc(C(=O)Nc2ccc(OC)c(N)c2)c1. The molecule has 1 amide bonds. The molecule has 0 bridgehead atoms. The zero-order chi connectivity index (χ0) is 19.3. The summed E-state index contributed by atoms with van der Waals surface area (Å²) in [5, 5.41) is 2.70. The van der Waals surface area contributed by atoms with Gasteiger partial charge in [-0.3, -0.25) is 4.79 Å². The van der Waals surface area contributed by atoms with E-state index in [9.17, 15) is 13.2 Å². The molecule has 7 nitrogen and oxygen atoms in total. The molecule has 0 atom stereocenters. The highest BCUT2D eigenvalue weighted by Crippen LogP contribution is 2.25. The molecule has 8 heteroatoms. The van der Waals surface area contributed by atoms with Crippen molar-refractivity contribution < 1.29 is 17.9 Å². The number of sulfonamides is 1. The Morgan fingerprint density at radius 3 is 2.42 bits per heavy atom. The first-order valence-electron chi connectivity index (χ1n) is 8.18. The molecular formula is C18H23N3O4S. The van der Waals surface area contributed by atoms with Crippen LogP contribution in [0.5, 0.6) is 5.75 Å². The molecule has 0 aliphatic heterocycles. The fourth-order valence-corrected chi connectivity index (χ4v) is 4.03. The second kappa shape index (κ2) is 8.20. The third kappa shape index (κ3) is 4.14. The molecule has 26 heavy (non-hydrogen) atoms. The van der Waals surface area contributed by atoms with Gasteiger partial charge in [0.15, 0.2) is 0 Å². The third-order valence-corrected chi connectivity index (χ3v) is 5.97. The number of rotatable bonds is 7. The normalized spacial score (nSPS) is 11.4. The summed E-state index contributed by atoms with van der Waals surface area (Å²) in [5.41, 5.74) is 6.96. The van der Waals surface area contributed by atoms with Gasteiger partial charge in [-0.25, -0.2) is 8.42 Å². The van der Waals surface area contributed by atoms with Crippen molar-refractivity contribution in [2.75, 3.05) is 31.2 Å². The molecule has 0 radical (unpaired) electrons. The van der Waals surface area contributed by atoms with E-state index in [1.54, 1.807) is 44.2 Å².